The van der Waals surface area contributed by atoms with E-state index in [1.54, 1.807) is 29.2 Å². The van der Waals surface area contributed by atoms with Crippen molar-refractivity contribution < 1.29 is 14.3 Å². The van der Waals surface area contributed by atoms with Crippen molar-refractivity contribution in [3.05, 3.63) is 48.3 Å². The van der Waals surface area contributed by atoms with Gasteiger partial charge in [0.05, 0.1) is 23.2 Å². The minimum Gasteiger partial charge on any atom is -0.473 e. The Morgan fingerprint density at radius 1 is 1.38 bits per heavy atom. The average molecular weight is 535 g/mol. The third-order valence-electron chi connectivity index (χ3n) is 5.49. The minimum absolute atomic E-state index is 0.0783. The first kappa shape index (κ1) is 33.9. The van der Waals surface area contributed by atoms with Gasteiger partial charge >= 0.3 is 6.09 Å². The number of hydrogen-bond acceptors (Lipinski definition) is 8. The zero-order valence-corrected chi connectivity index (χ0v) is 24.1. The Hall–Kier alpha value is -3.09. The predicted molar refractivity (Wildman–Crippen MR) is 151 cm³/mol. The van der Waals surface area contributed by atoms with E-state index in [0.717, 1.165) is 30.6 Å². The summed E-state index contributed by atoms with van der Waals surface area (Å²) in [6.45, 7) is 14.9. The summed E-state index contributed by atoms with van der Waals surface area (Å²) in [7, 11) is 1.85. The first-order chi connectivity index (χ1) is 17.9. The topological polar surface area (TPSA) is 104 Å². The molecule has 1 amide bonds. The van der Waals surface area contributed by atoms with Crippen LogP contribution in [-0.4, -0.2) is 66.2 Å². The van der Waals surface area contributed by atoms with Gasteiger partial charge in [-0.1, -0.05) is 33.4 Å². The molecule has 1 atom stereocenters. The molecule has 2 heterocycles. The third kappa shape index (κ3) is 11.2. The number of alkyl halides is 1. The van der Waals surface area contributed by atoms with Gasteiger partial charge in [-0.05, 0) is 51.3 Å². The summed E-state index contributed by atoms with van der Waals surface area (Å²) in [5, 5.41) is 11.1. The SMILES string of the molecule is C=C/C=C(C#N)\C=C/COc1ncnc(N(NC)C2CCN(C(=O)OC(C)CC)CC2)c1C.CC.CCl. The van der Waals surface area contributed by atoms with E-state index in [2.05, 4.69) is 39.6 Å². The van der Waals surface area contributed by atoms with Crippen LogP contribution >= 0.6 is 11.6 Å². The number of hydrogen-bond donors (Lipinski definition) is 1. The Bertz CT molecular complexity index is 908. The van der Waals surface area contributed by atoms with Gasteiger partial charge < -0.3 is 14.4 Å². The highest BCUT2D eigenvalue weighted by atomic mass is 35.5. The highest BCUT2D eigenvalue weighted by Crippen LogP contribution is 2.27. The monoisotopic (exact) mass is 534 g/mol. The van der Waals surface area contributed by atoms with Gasteiger partial charge in [0.25, 0.3) is 0 Å². The molecule has 0 radical (unpaired) electrons. The first-order valence-corrected chi connectivity index (χ1v) is 13.3. The van der Waals surface area contributed by atoms with Crippen molar-refractivity contribution in [1.29, 1.82) is 5.26 Å². The van der Waals surface area contributed by atoms with Gasteiger partial charge in [-0.2, -0.15) is 5.26 Å². The summed E-state index contributed by atoms with van der Waals surface area (Å²) in [6.07, 6.45) is 11.6. The number of aromatic nitrogens is 2. The fourth-order valence-corrected chi connectivity index (χ4v) is 3.47. The van der Waals surface area contributed by atoms with E-state index in [1.807, 2.05) is 46.7 Å². The van der Waals surface area contributed by atoms with Gasteiger partial charge in [0, 0.05) is 26.5 Å². The Morgan fingerprint density at radius 2 is 2.03 bits per heavy atom. The van der Waals surface area contributed by atoms with E-state index >= 15 is 0 Å². The molecule has 1 saturated heterocycles. The second-order valence-electron chi connectivity index (χ2n) is 7.72. The summed E-state index contributed by atoms with van der Waals surface area (Å²) < 4.78 is 11.3. The molecule has 1 aromatic rings. The van der Waals surface area contributed by atoms with Gasteiger partial charge in [0.15, 0.2) is 5.82 Å². The zero-order valence-electron chi connectivity index (χ0n) is 23.3. The van der Waals surface area contributed by atoms with E-state index in [4.69, 9.17) is 14.7 Å². The summed E-state index contributed by atoms with van der Waals surface area (Å²) >= 11 is 4.64. The molecule has 1 N–H and O–H groups in total. The quantitative estimate of drug-likeness (QED) is 0.179. The van der Waals surface area contributed by atoms with E-state index < -0.39 is 0 Å². The normalized spacial score (nSPS) is 14.4. The molecule has 206 valence electrons. The van der Waals surface area contributed by atoms with E-state index in [0.29, 0.717) is 24.5 Å². The van der Waals surface area contributed by atoms with Crippen molar-refractivity contribution in [2.45, 2.75) is 66.0 Å². The first-order valence-electron chi connectivity index (χ1n) is 12.6. The molecule has 1 aliphatic heterocycles. The van der Waals surface area contributed by atoms with Gasteiger partial charge in [-0.3, -0.25) is 5.01 Å². The number of anilines is 1. The number of piperidine rings is 1. The molecule has 0 aromatic carbocycles. The number of carbonyl (C=O) groups is 1. The minimum atomic E-state index is -0.247. The average Bonchev–Trinajstić information content (AvgIpc) is 2.94. The highest BCUT2D eigenvalue weighted by molar-refractivity contribution is 6.15. The number of likely N-dealkylation sites (tertiary alicyclic amines) is 1. The molecule has 1 aliphatic rings. The van der Waals surface area contributed by atoms with Crippen molar-refractivity contribution in [3.63, 3.8) is 0 Å². The lowest BCUT2D eigenvalue weighted by atomic mass is 10.0. The fourth-order valence-electron chi connectivity index (χ4n) is 3.47. The maximum absolute atomic E-state index is 12.3. The molecule has 0 aliphatic carbocycles. The number of hydrazine groups is 1. The molecule has 9 nitrogen and oxygen atoms in total. The second kappa shape index (κ2) is 20.0. The lowest BCUT2D eigenvalue weighted by Gasteiger charge is -2.38. The third-order valence-corrected chi connectivity index (χ3v) is 5.49. The van der Waals surface area contributed by atoms with Crippen LogP contribution in [0.3, 0.4) is 0 Å². The highest BCUT2D eigenvalue weighted by Gasteiger charge is 2.29. The van der Waals surface area contributed by atoms with Crippen LogP contribution in [0.5, 0.6) is 5.88 Å². The predicted octanol–water partition coefficient (Wildman–Crippen LogP) is 5.58. The molecule has 1 fully saturated rings. The number of allylic oxidation sites excluding steroid dienone is 4. The number of nitrogens with one attached hydrogen (secondary N) is 1. The standard InChI is InChI=1S/C24H34N6O3.C2H6.CH3Cl/c1-6-9-20(16-25)10-8-15-32-23-19(4)22(27-17-28-23)30(26-5)21-11-13-29(14-12-21)24(31)33-18(3)7-2;2*1-2/h6,8-10,17-18,21,26H,1,7,11-15H2,2-5H3;1-2H3;1H3/b10-8-,20-9+;;. The lowest BCUT2D eigenvalue weighted by molar-refractivity contribution is 0.0610. The number of carbonyl (C=O) groups excluding carboxylic acids is 1. The van der Waals surface area contributed by atoms with Crippen molar-refractivity contribution in [1.82, 2.24) is 20.3 Å². The summed E-state index contributed by atoms with van der Waals surface area (Å²) in [5.41, 5.74) is 4.53. The summed E-state index contributed by atoms with van der Waals surface area (Å²) in [6, 6.07) is 2.24. The number of halogens is 1. The van der Waals surface area contributed by atoms with E-state index in [9.17, 15) is 4.79 Å². The van der Waals surface area contributed by atoms with Gasteiger partial charge in [0.1, 0.15) is 19.0 Å². The van der Waals surface area contributed by atoms with Crippen LogP contribution in [-0.2, 0) is 4.74 Å². The molecule has 0 bridgehead atoms. The van der Waals surface area contributed by atoms with Crippen molar-refractivity contribution >= 4 is 23.5 Å². The van der Waals surface area contributed by atoms with Crippen LogP contribution in [0.15, 0.2) is 42.8 Å². The maximum atomic E-state index is 12.3. The molecule has 37 heavy (non-hydrogen) atoms. The number of rotatable bonds is 10. The largest absolute Gasteiger partial charge is 0.473 e. The molecule has 0 saturated carbocycles. The Morgan fingerprint density at radius 3 is 2.57 bits per heavy atom. The van der Waals surface area contributed by atoms with Gasteiger partial charge in [-0.15, -0.1) is 11.6 Å². The number of nitriles is 1. The molecule has 0 spiro atoms. The smallest absolute Gasteiger partial charge is 0.410 e. The molecule has 10 heteroatoms. The Balaban J connectivity index is 0.00000308. The van der Waals surface area contributed by atoms with Gasteiger partial charge in [-0.25, -0.2) is 20.2 Å². The zero-order chi connectivity index (χ0) is 28.2. The molecular formula is C27H43ClN6O3. The lowest BCUT2D eigenvalue weighted by Crippen LogP contribution is -2.51. The Kier molecular flexibility index (Phi) is 18.4. The summed E-state index contributed by atoms with van der Waals surface area (Å²) in [5.74, 6) is 1.21. The molecular weight excluding hydrogens is 492 g/mol. The van der Waals surface area contributed by atoms with Crippen LogP contribution in [0.2, 0.25) is 0 Å². The van der Waals surface area contributed by atoms with Crippen LogP contribution in [0.4, 0.5) is 10.6 Å². The maximum Gasteiger partial charge on any atom is 0.410 e. The van der Waals surface area contributed by atoms with Crippen molar-refractivity contribution in [2.75, 3.05) is 38.1 Å². The van der Waals surface area contributed by atoms with Crippen LogP contribution in [0.25, 0.3) is 0 Å². The van der Waals surface area contributed by atoms with Crippen LogP contribution in [0, 0.1) is 18.3 Å². The fraction of sp³-hybridized carbons (Fsp3) is 0.556. The van der Waals surface area contributed by atoms with Crippen molar-refractivity contribution in [2.24, 2.45) is 0 Å². The second-order valence-corrected chi connectivity index (χ2v) is 7.72. The Labute approximate surface area is 227 Å². The number of ether oxygens (including phenoxy) is 2. The van der Waals surface area contributed by atoms with Gasteiger partial charge in [0.2, 0.25) is 5.88 Å². The summed E-state index contributed by atoms with van der Waals surface area (Å²) in [4.78, 5) is 22.8. The van der Waals surface area contributed by atoms with E-state index in [1.165, 1.54) is 12.7 Å². The number of amides is 1. The van der Waals surface area contributed by atoms with Crippen LogP contribution in [0.1, 0.15) is 52.5 Å². The van der Waals surface area contributed by atoms with E-state index in [-0.39, 0.29) is 24.8 Å². The molecule has 1 unspecified atom stereocenters. The number of nitrogens with zero attached hydrogens (tertiary/aromatic N) is 5. The molecule has 1 aromatic heterocycles. The van der Waals surface area contributed by atoms with Crippen molar-refractivity contribution in [3.8, 4) is 11.9 Å². The molecule has 2 rings (SSSR count). The van der Waals surface area contributed by atoms with Crippen LogP contribution < -0.4 is 15.2 Å².